The van der Waals surface area contributed by atoms with Gasteiger partial charge >= 0.3 is 6.18 Å². The molecule has 1 unspecified atom stereocenters. The van der Waals surface area contributed by atoms with Crippen molar-refractivity contribution in [2.24, 2.45) is 0 Å². The van der Waals surface area contributed by atoms with Crippen molar-refractivity contribution in [2.75, 3.05) is 38.5 Å². The lowest BCUT2D eigenvalue weighted by molar-refractivity contribution is -0.137. The fraction of sp³-hybridized carbons (Fsp3) is 0.565. The highest BCUT2D eigenvalue weighted by Gasteiger charge is 2.30. The number of likely N-dealkylation sites (tertiary alicyclic amines) is 2. The van der Waals surface area contributed by atoms with Crippen LogP contribution in [0, 0.1) is 0 Å². The molecule has 0 bridgehead atoms. The molecular formula is C23H29F3N4S. The smallest absolute Gasteiger partial charge is 0.303 e. The molecule has 168 valence electrons. The maximum absolute atomic E-state index is 13.0. The van der Waals surface area contributed by atoms with Crippen LogP contribution in [0.4, 0.5) is 13.2 Å². The molecule has 2 fully saturated rings. The zero-order valence-corrected chi connectivity index (χ0v) is 18.5. The third-order valence-electron chi connectivity index (χ3n) is 6.08. The minimum Gasteiger partial charge on any atom is -0.303 e. The highest BCUT2D eigenvalue weighted by molar-refractivity contribution is 7.99. The van der Waals surface area contributed by atoms with Crippen molar-refractivity contribution >= 4 is 11.8 Å². The minimum atomic E-state index is -4.30. The van der Waals surface area contributed by atoms with E-state index in [1.54, 1.807) is 17.8 Å². The van der Waals surface area contributed by atoms with Crippen molar-refractivity contribution in [3.05, 3.63) is 53.3 Å². The average Bonchev–Trinajstić information content (AvgIpc) is 3.27. The standard InChI is InChI=1S/C23H29F3N4S/c24-23(25,26)20-7-3-5-18(15-20)16-30-12-4-6-19(17-30)21-8-9-27-22(28-21)31-14-13-29-10-1-2-11-29/h3,5,7-9,15,19H,1-2,4,6,10-14,16-17H2. The van der Waals surface area contributed by atoms with Crippen molar-refractivity contribution in [1.82, 2.24) is 19.8 Å². The summed E-state index contributed by atoms with van der Waals surface area (Å²) in [7, 11) is 0. The number of hydrogen-bond donors (Lipinski definition) is 0. The van der Waals surface area contributed by atoms with Gasteiger partial charge in [-0.25, -0.2) is 9.97 Å². The van der Waals surface area contributed by atoms with Crippen molar-refractivity contribution in [3.8, 4) is 0 Å². The molecular weight excluding hydrogens is 421 g/mol. The molecule has 0 saturated carbocycles. The van der Waals surface area contributed by atoms with Gasteiger partial charge < -0.3 is 4.90 Å². The normalized spacial score (nSPS) is 20.9. The molecule has 0 N–H and O–H groups in total. The molecule has 0 amide bonds. The Morgan fingerprint density at radius 1 is 1.03 bits per heavy atom. The van der Waals surface area contributed by atoms with Gasteiger partial charge in [-0.1, -0.05) is 30.0 Å². The molecule has 2 saturated heterocycles. The second-order valence-electron chi connectivity index (χ2n) is 8.43. The van der Waals surface area contributed by atoms with Crippen LogP contribution in [0.5, 0.6) is 0 Å². The first-order valence-corrected chi connectivity index (χ1v) is 12.0. The zero-order chi connectivity index (χ0) is 21.7. The quantitative estimate of drug-likeness (QED) is 0.435. The Kier molecular flexibility index (Phi) is 7.51. The third-order valence-corrected chi connectivity index (χ3v) is 6.92. The van der Waals surface area contributed by atoms with Gasteiger partial charge in [0, 0.05) is 43.2 Å². The SMILES string of the molecule is FC(F)(F)c1cccc(CN2CCCC(c3ccnc(SCCN4CCCC4)n3)C2)c1. The monoisotopic (exact) mass is 450 g/mol. The lowest BCUT2D eigenvalue weighted by Gasteiger charge is -2.32. The summed E-state index contributed by atoms with van der Waals surface area (Å²) in [6.07, 6.45) is 2.21. The number of halogens is 3. The van der Waals surface area contributed by atoms with Crippen LogP contribution in [0.3, 0.4) is 0 Å². The Morgan fingerprint density at radius 2 is 1.84 bits per heavy atom. The second kappa shape index (κ2) is 10.3. The van der Waals surface area contributed by atoms with Crippen molar-refractivity contribution in [3.63, 3.8) is 0 Å². The van der Waals surface area contributed by atoms with Gasteiger partial charge in [-0.2, -0.15) is 13.2 Å². The van der Waals surface area contributed by atoms with Crippen LogP contribution in [-0.4, -0.2) is 58.2 Å². The van der Waals surface area contributed by atoms with Gasteiger partial charge in [0.15, 0.2) is 5.16 Å². The first kappa shape index (κ1) is 22.6. The van der Waals surface area contributed by atoms with Crippen molar-refractivity contribution < 1.29 is 13.2 Å². The van der Waals surface area contributed by atoms with Gasteiger partial charge in [-0.3, -0.25) is 4.90 Å². The van der Waals surface area contributed by atoms with E-state index in [2.05, 4.69) is 14.8 Å². The van der Waals surface area contributed by atoms with E-state index in [0.717, 1.165) is 55.1 Å². The number of rotatable bonds is 7. The van der Waals surface area contributed by atoms with Crippen LogP contribution in [0.15, 0.2) is 41.7 Å². The summed E-state index contributed by atoms with van der Waals surface area (Å²) in [6, 6.07) is 7.66. The first-order chi connectivity index (χ1) is 15.0. The lowest BCUT2D eigenvalue weighted by atomic mass is 9.94. The summed E-state index contributed by atoms with van der Waals surface area (Å²) in [5.74, 6) is 1.29. The van der Waals surface area contributed by atoms with Crippen molar-refractivity contribution in [2.45, 2.75) is 49.5 Å². The molecule has 1 aromatic carbocycles. The van der Waals surface area contributed by atoms with E-state index < -0.39 is 11.7 Å². The number of hydrogen-bond acceptors (Lipinski definition) is 5. The molecule has 0 radical (unpaired) electrons. The van der Waals surface area contributed by atoms with Crippen LogP contribution in [0.2, 0.25) is 0 Å². The number of nitrogens with zero attached hydrogens (tertiary/aromatic N) is 4. The zero-order valence-electron chi connectivity index (χ0n) is 17.7. The lowest BCUT2D eigenvalue weighted by Crippen LogP contribution is -2.34. The summed E-state index contributed by atoms with van der Waals surface area (Å²) in [5.41, 5.74) is 1.17. The minimum absolute atomic E-state index is 0.292. The number of thioether (sulfide) groups is 1. The van der Waals surface area contributed by atoms with Crippen LogP contribution >= 0.6 is 11.8 Å². The largest absolute Gasteiger partial charge is 0.416 e. The van der Waals surface area contributed by atoms with E-state index in [4.69, 9.17) is 4.98 Å². The summed E-state index contributed by atoms with van der Waals surface area (Å²) < 4.78 is 39.0. The molecule has 3 heterocycles. The number of piperidine rings is 1. The molecule has 1 atom stereocenters. The number of alkyl halides is 3. The van der Waals surface area contributed by atoms with E-state index in [9.17, 15) is 13.2 Å². The molecule has 1 aromatic heterocycles. The summed E-state index contributed by atoms with van der Waals surface area (Å²) in [5, 5.41) is 0.826. The Hall–Kier alpha value is -1.64. The molecule has 0 aliphatic carbocycles. The Labute approximate surface area is 186 Å². The predicted octanol–water partition coefficient (Wildman–Crippen LogP) is 5.06. The van der Waals surface area contributed by atoms with Gasteiger partial charge in [0.25, 0.3) is 0 Å². The van der Waals surface area contributed by atoms with Gasteiger partial charge in [0.1, 0.15) is 0 Å². The molecule has 31 heavy (non-hydrogen) atoms. The second-order valence-corrected chi connectivity index (χ2v) is 9.50. The van der Waals surface area contributed by atoms with Gasteiger partial charge in [0.05, 0.1) is 5.56 Å². The van der Waals surface area contributed by atoms with Crippen LogP contribution in [-0.2, 0) is 12.7 Å². The Morgan fingerprint density at radius 3 is 2.65 bits per heavy atom. The molecule has 2 aliphatic heterocycles. The Bertz CT molecular complexity index is 855. The highest BCUT2D eigenvalue weighted by Crippen LogP contribution is 2.31. The fourth-order valence-corrected chi connectivity index (χ4v) is 5.31. The summed E-state index contributed by atoms with van der Waals surface area (Å²) in [6.45, 7) is 5.71. The predicted molar refractivity (Wildman–Crippen MR) is 117 cm³/mol. The maximum atomic E-state index is 13.0. The van der Waals surface area contributed by atoms with E-state index in [1.807, 2.05) is 12.3 Å². The summed E-state index contributed by atoms with van der Waals surface area (Å²) in [4.78, 5) is 14.0. The van der Waals surface area contributed by atoms with Crippen LogP contribution in [0.25, 0.3) is 0 Å². The third kappa shape index (κ3) is 6.43. The van der Waals surface area contributed by atoms with Gasteiger partial charge in [-0.15, -0.1) is 0 Å². The number of benzene rings is 1. The average molecular weight is 451 g/mol. The molecule has 4 nitrogen and oxygen atoms in total. The molecule has 2 aromatic rings. The Balaban J connectivity index is 1.34. The van der Waals surface area contributed by atoms with Crippen LogP contribution in [0.1, 0.15) is 48.4 Å². The molecule has 2 aliphatic rings. The van der Waals surface area contributed by atoms with E-state index >= 15 is 0 Å². The van der Waals surface area contributed by atoms with Crippen molar-refractivity contribution in [1.29, 1.82) is 0 Å². The van der Waals surface area contributed by atoms with E-state index in [1.165, 1.54) is 38.1 Å². The molecule has 8 heteroatoms. The topological polar surface area (TPSA) is 32.3 Å². The van der Waals surface area contributed by atoms with E-state index in [0.29, 0.717) is 18.0 Å². The highest BCUT2D eigenvalue weighted by atomic mass is 32.2. The fourth-order valence-electron chi connectivity index (χ4n) is 4.47. The number of aromatic nitrogens is 2. The molecule has 0 spiro atoms. The van der Waals surface area contributed by atoms with Crippen LogP contribution < -0.4 is 0 Å². The van der Waals surface area contributed by atoms with Gasteiger partial charge in [-0.05, 0) is 63.0 Å². The summed E-state index contributed by atoms with van der Waals surface area (Å²) >= 11 is 1.71. The van der Waals surface area contributed by atoms with E-state index in [-0.39, 0.29) is 0 Å². The first-order valence-electron chi connectivity index (χ1n) is 11.0. The molecule has 4 rings (SSSR count). The maximum Gasteiger partial charge on any atom is 0.416 e. The van der Waals surface area contributed by atoms with Gasteiger partial charge in [0.2, 0.25) is 0 Å².